The molecule has 0 bridgehead atoms. The van der Waals surface area contributed by atoms with Gasteiger partial charge in [-0.3, -0.25) is 10.00 Å². The molecule has 2 amide bonds. The fourth-order valence-electron chi connectivity index (χ4n) is 4.36. The number of nitrogens with one attached hydrogen (secondary N) is 2. The van der Waals surface area contributed by atoms with Gasteiger partial charge in [-0.1, -0.05) is 6.42 Å². The molecule has 6 nitrogen and oxygen atoms in total. The number of hydrogen-bond acceptors (Lipinski definition) is 3. The molecule has 1 aromatic heterocycles. The Morgan fingerprint density at radius 1 is 1.20 bits per heavy atom. The van der Waals surface area contributed by atoms with Crippen LogP contribution in [0.25, 0.3) is 0 Å². The van der Waals surface area contributed by atoms with Crippen LogP contribution < -0.4 is 5.32 Å². The number of piperidine rings is 1. The number of rotatable bonds is 4. The number of carbonyl (C=O) groups is 1. The molecule has 0 radical (unpaired) electrons. The summed E-state index contributed by atoms with van der Waals surface area (Å²) in [4.78, 5) is 17.4. The maximum atomic E-state index is 12.9. The summed E-state index contributed by atoms with van der Waals surface area (Å²) in [5.41, 5.74) is 3.29. The molecular formula is C19H33N5O. The molecule has 1 aromatic rings. The summed E-state index contributed by atoms with van der Waals surface area (Å²) < 4.78 is 0. The Balaban J connectivity index is 1.62. The van der Waals surface area contributed by atoms with Gasteiger partial charge < -0.3 is 10.2 Å². The average Bonchev–Trinajstić information content (AvgIpc) is 3.20. The number of urea groups is 1. The van der Waals surface area contributed by atoms with E-state index in [0.29, 0.717) is 6.54 Å². The highest BCUT2D eigenvalue weighted by atomic mass is 16.2. The minimum absolute atomic E-state index is 0.00672. The number of aromatic amines is 1. The first-order valence-electron chi connectivity index (χ1n) is 9.71. The summed E-state index contributed by atoms with van der Waals surface area (Å²) in [6.07, 6.45) is 5.94. The van der Waals surface area contributed by atoms with Gasteiger partial charge in [-0.15, -0.1) is 0 Å². The Labute approximate surface area is 151 Å². The largest absolute Gasteiger partial charge is 0.336 e. The molecule has 0 aliphatic carbocycles. The molecule has 0 aromatic carbocycles. The molecule has 2 N–H and O–H groups in total. The van der Waals surface area contributed by atoms with E-state index in [4.69, 9.17) is 0 Å². The molecule has 6 heteroatoms. The molecule has 2 fully saturated rings. The van der Waals surface area contributed by atoms with Crippen molar-refractivity contribution in [2.75, 3.05) is 26.2 Å². The Bertz CT molecular complexity index is 583. The van der Waals surface area contributed by atoms with Crippen molar-refractivity contribution in [1.82, 2.24) is 25.3 Å². The number of H-pyrrole nitrogens is 1. The zero-order valence-corrected chi connectivity index (χ0v) is 16.2. The van der Waals surface area contributed by atoms with E-state index in [1.165, 1.54) is 24.8 Å². The predicted molar refractivity (Wildman–Crippen MR) is 99.6 cm³/mol. The molecule has 2 aliphatic heterocycles. The van der Waals surface area contributed by atoms with Crippen LogP contribution in [0.5, 0.6) is 0 Å². The van der Waals surface area contributed by atoms with E-state index in [9.17, 15) is 4.79 Å². The van der Waals surface area contributed by atoms with Crippen molar-refractivity contribution >= 4 is 6.03 Å². The fraction of sp³-hybridized carbons (Fsp3) is 0.789. The van der Waals surface area contributed by atoms with Crippen LogP contribution in [0.15, 0.2) is 0 Å². The van der Waals surface area contributed by atoms with Gasteiger partial charge in [-0.2, -0.15) is 5.10 Å². The van der Waals surface area contributed by atoms with E-state index >= 15 is 0 Å². The second kappa shape index (κ2) is 7.36. The third-order valence-corrected chi connectivity index (χ3v) is 5.92. The van der Waals surface area contributed by atoms with Crippen LogP contribution in [0.2, 0.25) is 0 Å². The topological polar surface area (TPSA) is 64.3 Å². The third-order valence-electron chi connectivity index (χ3n) is 5.92. The first-order valence-corrected chi connectivity index (χ1v) is 9.71. The monoisotopic (exact) mass is 347 g/mol. The van der Waals surface area contributed by atoms with Gasteiger partial charge in [-0.05, 0) is 66.5 Å². The van der Waals surface area contributed by atoms with Crippen molar-refractivity contribution < 1.29 is 4.79 Å². The molecule has 3 heterocycles. The van der Waals surface area contributed by atoms with Crippen LogP contribution in [-0.4, -0.2) is 57.7 Å². The van der Waals surface area contributed by atoms with E-state index in [0.717, 1.165) is 43.9 Å². The summed E-state index contributed by atoms with van der Waals surface area (Å²) in [5, 5.41) is 10.6. The van der Waals surface area contributed by atoms with Gasteiger partial charge in [0.1, 0.15) is 0 Å². The summed E-state index contributed by atoms with van der Waals surface area (Å²) in [5.74, 6) is 0. The van der Waals surface area contributed by atoms with Gasteiger partial charge in [0.05, 0.1) is 11.7 Å². The Morgan fingerprint density at radius 2 is 1.92 bits per heavy atom. The zero-order chi connectivity index (χ0) is 18.0. The summed E-state index contributed by atoms with van der Waals surface area (Å²) in [6.45, 7) is 12.3. The molecule has 140 valence electrons. The van der Waals surface area contributed by atoms with Crippen molar-refractivity contribution in [3.05, 3.63) is 17.0 Å². The maximum Gasteiger partial charge on any atom is 0.317 e. The highest BCUT2D eigenvalue weighted by molar-refractivity contribution is 5.75. The normalized spacial score (nSPS) is 22.4. The highest BCUT2D eigenvalue weighted by Gasteiger charge is 2.34. The SMILES string of the molecule is Cc1n[nH]c(C)c1[C@@H]1CCCN1C(=O)NCC(C)(C)N1CCCCC1. The second-order valence-electron chi connectivity index (χ2n) is 8.22. The smallest absolute Gasteiger partial charge is 0.317 e. The molecule has 0 unspecified atom stereocenters. The first-order chi connectivity index (χ1) is 11.9. The van der Waals surface area contributed by atoms with Gasteiger partial charge in [0.25, 0.3) is 0 Å². The minimum Gasteiger partial charge on any atom is -0.336 e. The minimum atomic E-state index is 0.00672. The molecular weight excluding hydrogens is 314 g/mol. The lowest BCUT2D eigenvalue weighted by Gasteiger charge is -2.41. The summed E-state index contributed by atoms with van der Waals surface area (Å²) in [7, 11) is 0. The van der Waals surface area contributed by atoms with Crippen LogP contribution in [0.4, 0.5) is 4.79 Å². The molecule has 25 heavy (non-hydrogen) atoms. The first kappa shape index (κ1) is 18.2. The van der Waals surface area contributed by atoms with Gasteiger partial charge in [-0.25, -0.2) is 4.79 Å². The van der Waals surface area contributed by atoms with Crippen molar-refractivity contribution in [1.29, 1.82) is 0 Å². The third kappa shape index (κ3) is 3.84. The van der Waals surface area contributed by atoms with E-state index < -0.39 is 0 Å². The van der Waals surface area contributed by atoms with Gasteiger partial charge in [0.2, 0.25) is 0 Å². The standard InChI is InChI=1S/C19H33N5O/c1-14-17(15(2)22-21-14)16-9-8-12-24(16)18(25)20-13-19(3,4)23-10-6-5-7-11-23/h16H,5-13H2,1-4H3,(H,20,25)(H,21,22)/t16-/m0/s1. The number of nitrogens with zero attached hydrogens (tertiary/aromatic N) is 3. The van der Waals surface area contributed by atoms with Crippen molar-refractivity contribution in [2.45, 2.75) is 71.4 Å². The predicted octanol–water partition coefficient (Wildman–Crippen LogP) is 3.14. The van der Waals surface area contributed by atoms with Crippen molar-refractivity contribution in [3.8, 4) is 0 Å². The number of likely N-dealkylation sites (tertiary alicyclic amines) is 2. The van der Waals surface area contributed by atoms with Crippen LogP contribution in [0.3, 0.4) is 0 Å². The molecule has 1 atom stereocenters. The quantitative estimate of drug-likeness (QED) is 0.879. The number of hydrogen-bond donors (Lipinski definition) is 2. The van der Waals surface area contributed by atoms with Crippen LogP contribution in [-0.2, 0) is 0 Å². The lowest BCUT2D eigenvalue weighted by atomic mass is 9.98. The number of carbonyl (C=O) groups excluding carboxylic acids is 1. The van der Waals surface area contributed by atoms with Crippen molar-refractivity contribution in [2.24, 2.45) is 0 Å². The van der Waals surface area contributed by atoms with Gasteiger partial charge in [0, 0.05) is 29.9 Å². The molecule has 2 aliphatic rings. The second-order valence-corrected chi connectivity index (χ2v) is 8.22. The Hall–Kier alpha value is -1.56. The van der Waals surface area contributed by atoms with Gasteiger partial charge >= 0.3 is 6.03 Å². The van der Waals surface area contributed by atoms with E-state index in [2.05, 4.69) is 34.3 Å². The fourth-order valence-corrected chi connectivity index (χ4v) is 4.36. The zero-order valence-electron chi connectivity index (χ0n) is 16.2. The van der Waals surface area contributed by atoms with Crippen LogP contribution >= 0.6 is 0 Å². The van der Waals surface area contributed by atoms with Crippen molar-refractivity contribution in [3.63, 3.8) is 0 Å². The van der Waals surface area contributed by atoms with E-state index in [-0.39, 0.29) is 17.6 Å². The number of aromatic nitrogens is 2. The average molecular weight is 348 g/mol. The summed E-state index contributed by atoms with van der Waals surface area (Å²) in [6, 6.07) is 0.212. The highest BCUT2D eigenvalue weighted by Crippen LogP contribution is 2.34. The van der Waals surface area contributed by atoms with Crippen LogP contribution in [0, 0.1) is 13.8 Å². The number of aryl methyl sites for hydroxylation is 2. The van der Waals surface area contributed by atoms with E-state index in [1.54, 1.807) is 0 Å². The Kier molecular flexibility index (Phi) is 5.37. The molecule has 0 saturated carbocycles. The van der Waals surface area contributed by atoms with E-state index in [1.807, 2.05) is 18.7 Å². The molecule has 0 spiro atoms. The van der Waals surface area contributed by atoms with Gasteiger partial charge in [0.15, 0.2) is 0 Å². The maximum absolute atomic E-state index is 12.9. The Morgan fingerprint density at radius 3 is 2.56 bits per heavy atom. The lowest BCUT2D eigenvalue weighted by molar-refractivity contribution is 0.0935. The summed E-state index contributed by atoms with van der Waals surface area (Å²) >= 11 is 0. The van der Waals surface area contributed by atoms with Crippen LogP contribution in [0.1, 0.15) is 68.9 Å². The number of amides is 2. The lowest BCUT2D eigenvalue weighted by Crippen LogP contribution is -2.54. The molecule has 2 saturated heterocycles. The molecule has 3 rings (SSSR count).